The van der Waals surface area contributed by atoms with Crippen molar-refractivity contribution in [2.75, 3.05) is 34.2 Å². The Labute approximate surface area is 176 Å². The van der Waals surface area contributed by atoms with E-state index in [0.717, 1.165) is 13.0 Å². The van der Waals surface area contributed by atoms with Gasteiger partial charge < -0.3 is 25.6 Å². The van der Waals surface area contributed by atoms with Crippen molar-refractivity contribution < 1.29 is 9.53 Å². The molecule has 7 nitrogen and oxygen atoms in total. The van der Waals surface area contributed by atoms with Crippen molar-refractivity contribution in [2.45, 2.75) is 58.2 Å². The smallest absolute Gasteiger partial charge is 0.408 e. The van der Waals surface area contributed by atoms with E-state index in [2.05, 4.69) is 64.2 Å². The van der Waals surface area contributed by atoms with Crippen LogP contribution >= 0.6 is 0 Å². The fraction of sp³-hybridized carbons (Fsp3) is 0.636. The van der Waals surface area contributed by atoms with Crippen molar-refractivity contribution in [2.24, 2.45) is 4.99 Å². The molecular weight excluding hydrogens is 366 g/mol. The molecule has 164 valence electrons. The van der Waals surface area contributed by atoms with Gasteiger partial charge in [0.2, 0.25) is 0 Å². The molecule has 1 rings (SSSR count). The SMILES string of the molecule is CN=C(NCC(Cc1ccccc1)N(C)C)NCC(C)(C)NC(=O)OC(C)(C)C. The maximum atomic E-state index is 12.0. The minimum atomic E-state index is -0.523. The number of aliphatic imine (C=N–C) groups is 1. The maximum Gasteiger partial charge on any atom is 0.408 e. The summed E-state index contributed by atoms with van der Waals surface area (Å²) in [5, 5.41) is 9.57. The third-order valence-corrected chi connectivity index (χ3v) is 4.31. The summed E-state index contributed by atoms with van der Waals surface area (Å²) in [6.45, 7) is 10.7. The molecule has 0 radical (unpaired) electrons. The molecule has 0 aliphatic rings. The predicted octanol–water partition coefficient (Wildman–Crippen LogP) is 2.63. The number of benzene rings is 1. The third-order valence-electron chi connectivity index (χ3n) is 4.31. The summed E-state index contributed by atoms with van der Waals surface area (Å²) in [7, 11) is 5.91. The van der Waals surface area contributed by atoms with Crippen molar-refractivity contribution in [3.8, 4) is 0 Å². The second-order valence-corrected chi connectivity index (χ2v) is 9.12. The number of rotatable bonds is 8. The number of ether oxygens (including phenoxy) is 1. The molecule has 0 saturated heterocycles. The van der Waals surface area contributed by atoms with Crippen LogP contribution in [0.2, 0.25) is 0 Å². The van der Waals surface area contributed by atoms with Gasteiger partial charge in [0, 0.05) is 26.2 Å². The maximum absolute atomic E-state index is 12.0. The molecule has 1 unspecified atom stereocenters. The van der Waals surface area contributed by atoms with E-state index in [4.69, 9.17) is 4.74 Å². The van der Waals surface area contributed by atoms with E-state index in [1.165, 1.54) is 5.56 Å². The molecule has 0 aromatic heterocycles. The van der Waals surface area contributed by atoms with Gasteiger partial charge in [0.1, 0.15) is 5.60 Å². The first-order chi connectivity index (χ1) is 13.4. The number of alkyl carbamates (subject to hydrolysis) is 1. The summed E-state index contributed by atoms with van der Waals surface area (Å²) in [4.78, 5) is 18.5. The van der Waals surface area contributed by atoms with Gasteiger partial charge in [-0.05, 0) is 60.7 Å². The van der Waals surface area contributed by atoms with Crippen LogP contribution in [0.5, 0.6) is 0 Å². The average Bonchev–Trinajstić information content (AvgIpc) is 2.59. The minimum absolute atomic E-state index is 0.323. The van der Waals surface area contributed by atoms with Gasteiger partial charge in [-0.15, -0.1) is 0 Å². The molecule has 0 bridgehead atoms. The van der Waals surface area contributed by atoms with Gasteiger partial charge >= 0.3 is 6.09 Å². The Morgan fingerprint density at radius 1 is 1.10 bits per heavy atom. The summed E-state index contributed by atoms with van der Waals surface area (Å²) in [5.41, 5.74) is 0.287. The zero-order valence-corrected chi connectivity index (χ0v) is 19.3. The first-order valence-corrected chi connectivity index (χ1v) is 10.1. The van der Waals surface area contributed by atoms with Crippen LogP contribution in [0.15, 0.2) is 35.3 Å². The quantitative estimate of drug-likeness (QED) is 0.458. The highest BCUT2D eigenvalue weighted by Crippen LogP contribution is 2.09. The minimum Gasteiger partial charge on any atom is -0.444 e. The molecule has 1 aromatic rings. The predicted molar refractivity (Wildman–Crippen MR) is 120 cm³/mol. The van der Waals surface area contributed by atoms with Gasteiger partial charge in [-0.25, -0.2) is 4.79 Å². The van der Waals surface area contributed by atoms with Gasteiger partial charge in [-0.1, -0.05) is 30.3 Å². The van der Waals surface area contributed by atoms with Crippen LogP contribution in [0.1, 0.15) is 40.2 Å². The monoisotopic (exact) mass is 405 g/mol. The zero-order chi connectivity index (χ0) is 22.1. The standard InChI is InChI=1S/C22H39N5O2/c1-21(2,3)29-20(28)26-22(4,5)16-25-19(23-6)24-15-18(27(7)8)14-17-12-10-9-11-13-17/h9-13,18H,14-16H2,1-8H3,(H,26,28)(H2,23,24,25). The Morgan fingerprint density at radius 2 is 1.72 bits per heavy atom. The van der Waals surface area contributed by atoms with Crippen molar-refractivity contribution in [1.82, 2.24) is 20.9 Å². The Morgan fingerprint density at radius 3 is 2.24 bits per heavy atom. The highest BCUT2D eigenvalue weighted by molar-refractivity contribution is 5.79. The first-order valence-electron chi connectivity index (χ1n) is 10.1. The lowest BCUT2D eigenvalue weighted by atomic mass is 10.1. The zero-order valence-electron chi connectivity index (χ0n) is 19.3. The van der Waals surface area contributed by atoms with Gasteiger partial charge in [0.15, 0.2) is 5.96 Å². The molecule has 7 heteroatoms. The van der Waals surface area contributed by atoms with Crippen LogP contribution < -0.4 is 16.0 Å². The number of carbonyl (C=O) groups is 1. The lowest BCUT2D eigenvalue weighted by Crippen LogP contribution is -2.55. The van der Waals surface area contributed by atoms with Crippen LogP contribution in [0, 0.1) is 0 Å². The number of hydrogen-bond acceptors (Lipinski definition) is 4. The Balaban J connectivity index is 2.54. The van der Waals surface area contributed by atoms with E-state index in [9.17, 15) is 4.79 Å². The van der Waals surface area contributed by atoms with E-state index in [0.29, 0.717) is 18.5 Å². The molecule has 0 spiro atoms. The summed E-state index contributed by atoms with van der Waals surface area (Å²) in [6.07, 6.45) is 0.520. The molecule has 0 fully saturated rings. The number of hydrogen-bond donors (Lipinski definition) is 3. The first kappa shape index (κ1) is 24.8. The molecule has 1 atom stereocenters. The molecule has 0 aliphatic carbocycles. The number of carbonyl (C=O) groups excluding carboxylic acids is 1. The lowest BCUT2D eigenvalue weighted by molar-refractivity contribution is 0.0474. The fourth-order valence-electron chi connectivity index (χ4n) is 2.69. The molecule has 1 aromatic carbocycles. The summed E-state index contributed by atoms with van der Waals surface area (Å²) < 4.78 is 5.34. The molecule has 29 heavy (non-hydrogen) atoms. The Hall–Kier alpha value is -2.28. The van der Waals surface area contributed by atoms with Crippen molar-refractivity contribution in [1.29, 1.82) is 0 Å². The lowest BCUT2D eigenvalue weighted by Gasteiger charge is -2.30. The van der Waals surface area contributed by atoms with E-state index in [1.807, 2.05) is 40.7 Å². The van der Waals surface area contributed by atoms with Crippen LogP contribution in [-0.4, -0.2) is 68.4 Å². The van der Waals surface area contributed by atoms with Crippen molar-refractivity contribution in [3.63, 3.8) is 0 Å². The molecule has 0 heterocycles. The summed E-state index contributed by atoms with van der Waals surface area (Å²) >= 11 is 0. The largest absolute Gasteiger partial charge is 0.444 e. The number of likely N-dealkylation sites (N-methyl/N-ethyl adjacent to an activating group) is 1. The highest BCUT2D eigenvalue weighted by atomic mass is 16.6. The normalized spacial score (nSPS) is 13.8. The van der Waals surface area contributed by atoms with E-state index in [1.54, 1.807) is 7.05 Å². The Kier molecular flexibility index (Phi) is 9.43. The highest BCUT2D eigenvalue weighted by Gasteiger charge is 2.25. The average molecular weight is 406 g/mol. The summed E-state index contributed by atoms with van der Waals surface area (Å²) in [5.74, 6) is 0.698. The molecular formula is C22H39N5O2. The van der Waals surface area contributed by atoms with E-state index in [-0.39, 0.29) is 0 Å². The van der Waals surface area contributed by atoms with Gasteiger partial charge in [0.05, 0.1) is 5.54 Å². The third kappa shape index (κ3) is 10.7. The fourth-order valence-corrected chi connectivity index (χ4v) is 2.69. The van der Waals surface area contributed by atoms with Crippen LogP contribution in [-0.2, 0) is 11.2 Å². The van der Waals surface area contributed by atoms with E-state index < -0.39 is 17.2 Å². The molecule has 0 aliphatic heterocycles. The summed E-state index contributed by atoms with van der Waals surface area (Å²) in [6, 6.07) is 10.8. The van der Waals surface area contributed by atoms with Crippen molar-refractivity contribution in [3.05, 3.63) is 35.9 Å². The number of nitrogens with one attached hydrogen (secondary N) is 3. The molecule has 1 amide bonds. The molecule has 3 N–H and O–H groups in total. The molecule has 0 saturated carbocycles. The topological polar surface area (TPSA) is 78.0 Å². The number of nitrogens with zero attached hydrogens (tertiary/aromatic N) is 2. The second kappa shape index (κ2) is 11.0. The van der Waals surface area contributed by atoms with Crippen LogP contribution in [0.4, 0.5) is 4.79 Å². The van der Waals surface area contributed by atoms with Crippen LogP contribution in [0.25, 0.3) is 0 Å². The van der Waals surface area contributed by atoms with Crippen LogP contribution in [0.3, 0.4) is 0 Å². The van der Waals surface area contributed by atoms with Gasteiger partial charge in [-0.2, -0.15) is 0 Å². The van der Waals surface area contributed by atoms with Gasteiger partial charge in [-0.3, -0.25) is 4.99 Å². The Bertz CT molecular complexity index is 651. The van der Waals surface area contributed by atoms with E-state index >= 15 is 0 Å². The van der Waals surface area contributed by atoms with Crippen molar-refractivity contribution >= 4 is 12.1 Å². The second-order valence-electron chi connectivity index (χ2n) is 9.12. The number of guanidine groups is 1. The van der Waals surface area contributed by atoms with Gasteiger partial charge in [0.25, 0.3) is 0 Å². The number of amides is 1.